The lowest BCUT2D eigenvalue weighted by atomic mass is 9.95. The van der Waals surface area contributed by atoms with Crippen molar-refractivity contribution in [2.75, 3.05) is 0 Å². The average molecular weight is 351 g/mol. The van der Waals surface area contributed by atoms with Gasteiger partial charge in [0.05, 0.1) is 12.1 Å². The zero-order valence-electron chi connectivity index (χ0n) is 13.4. The number of aryl methyl sites for hydroxylation is 2. The molecule has 1 amide bonds. The number of carbonyl (C=O) groups excluding carboxylic acids is 1. The number of rotatable bonds is 5. The second-order valence-electron chi connectivity index (χ2n) is 6.03. The molecule has 1 N–H and O–H groups in total. The van der Waals surface area contributed by atoms with Gasteiger partial charge in [0.25, 0.3) is 0 Å². The Hall–Kier alpha value is -1.34. The quantitative estimate of drug-likeness (QED) is 0.893. The van der Waals surface area contributed by atoms with Crippen LogP contribution in [0.25, 0.3) is 0 Å². The lowest BCUT2D eigenvalue weighted by molar-refractivity contribution is -0.121. The number of carbonyl (C=O) groups is 1. The highest BCUT2D eigenvalue weighted by Crippen LogP contribution is 2.35. The number of hydrogen-bond donors (Lipinski definition) is 1. The third kappa shape index (κ3) is 4.81. The maximum atomic E-state index is 12.1. The van der Waals surface area contributed by atoms with Crippen molar-refractivity contribution in [1.82, 2.24) is 15.5 Å². The van der Waals surface area contributed by atoms with Crippen LogP contribution in [0.2, 0.25) is 0 Å². The van der Waals surface area contributed by atoms with Crippen molar-refractivity contribution in [1.29, 1.82) is 0 Å². The number of nitrogens with zero attached hydrogens (tertiary/aromatic N) is 2. The van der Waals surface area contributed by atoms with E-state index in [1.54, 1.807) is 11.3 Å². The molecule has 0 unspecified atom stereocenters. The van der Waals surface area contributed by atoms with Crippen LogP contribution in [0.3, 0.4) is 0 Å². The first-order chi connectivity index (χ1) is 11.1. The van der Waals surface area contributed by atoms with E-state index in [-0.39, 0.29) is 18.4 Å². The van der Waals surface area contributed by atoms with Crippen LogP contribution in [0, 0.1) is 13.8 Å². The number of amides is 1. The Labute approximate surface area is 144 Å². The monoisotopic (exact) mass is 351 g/mol. The van der Waals surface area contributed by atoms with Gasteiger partial charge >= 0.3 is 0 Å². The van der Waals surface area contributed by atoms with Crippen LogP contribution in [0.1, 0.15) is 42.8 Å². The molecule has 3 rings (SSSR count). The molecule has 1 aliphatic rings. The minimum absolute atomic E-state index is 0.0211. The maximum Gasteiger partial charge on any atom is 0.227 e. The highest BCUT2D eigenvalue weighted by molar-refractivity contribution is 8.01. The van der Waals surface area contributed by atoms with Crippen molar-refractivity contribution in [3.05, 3.63) is 28.6 Å². The first-order valence-corrected chi connectivity index (χ1v) is 9.65. The summed E-state index contributed by atoms with van der Waals surface area (Å²) in [6, 6.07) is 2.09. The molecule has 1 saturated carbocycles. The number of thioether (sulfide) groups is 1. The highest BCUT2D eigenvalue weighted by Gasteiger charge is 2.24. The summed E-state index contributed by atoms with van der Waals surface area (Å²) in [7, 11) is 0. The van der Waals surface area contributed by atoms with E-state index in [2.05, 4.69) is 20.8 Å². The summed E-state index contributed by atoms with van der Waals surface area (Å²) < 4.78 is 6.25. The smallest absolute Gasteiger partial charge is 0.227 e. The van der Waals surface area contributed by atoms with Crippen LogP contribution in [-0.2, 0) is 11.2 Å². The van der Waals surface area contributed by atoms with E-state index in [1.807, 2.05) is 31.7 Å². The molecule has 5 nitrogen and oxygen atoms in total. The van der Waals surface area contributed by atoms with Crippen molar-refractivity contribution in [2.24, 2.45) is 0 Å². The third-order valence-electron chi connectivity index (χ3n) is 3.92. The van der Waals surface area contributed by atoms with Gasteiger partial charge in [0.15, 0.2) is 0 Å². The van der Waals surface area contributed by atoms with Crippen molar-refractivity contribution in [2.45, 2.75) is 61.6 Å². The van der Waals surface area contributed by atoms with E-state index in [4.69, 9.17) is 4.52 Å². The zero-order chi connectivity index (χ0) is 16.2. The van der Waals surface area contributed by atoms with E-state index in [0.717, 1.165) is 41.4 Å². The standard InChI is InChI=1S/C16H21N3O2S2/c1-10-7-13(21-19-10)8-15(20)18-12-3-5-14(6-4-12)23-16-17-11(2)9-22-16/h7,9,12,14H,3-6,8H2,1-2H3,(H,18,20). The van der Waals surface area contributed by atoms with Gasteiger partial charge in [0, 0.05) is 28.4 Å². The molecule has 7 heteroatoms. The summed E-state index contributed by atoms with van der Waals surface area (Å²) in [6.45, 7) is 3.89. The number of nitrogens with one attached hydrogen (secondary N) is 1. The lowest BCUT2D eigenvalue weighted by Gasteiger charge is -2.28. The molecule has 1 fully saturated rings. The molecular formula is C16H21N3O2S2. The Morgan fingerprint density at radius 1 is 1.35 bits per heavy atom. The second-order valence-corrected chi connectivity index (χ2v) is 8.43. The van der Waals surface area contributed by atoms with Crippen LogP contribution in [-0.4, -0.2) is 27.3 Å². The van der Waals surface area contributed by atoms with Crippen LogP contribution in [0.5, 0.6) is 0 Å². The molecule has 0 atom stereocenters. The number of thiazole rings is 1. The maximum absolute atomic E-state index is 12.1. The Balaban J connectivity index is 1.41. The number of aromatic nitrogens is 2. The Bertz CT molecular complexity index is 660. The predicted molar refractivity (Wildman–Crippen MR) is 91.8 cm³/mol. The summed E-state index contributed by atoms with van der Waals surface area (Å²) in [6.07, 6.45) is 4.58. The largest absolute Gasteiger partial charge is 0.361 e. The molecule has 0 bridgehead atoms. The summed E-state index contributed by atoms with van der Waals surface area (Å²) in [5.74, 6) is 0.649. The molecule has 0 aromatic carbocycles. The topological polar surface area (TPSA) is 68.0 Å². The van der Waals surface area contributed by atoms with Gasteiger partial charge in [-0.05, 0) is 39.5 Å². The summed E-state index contributed by atoms with van der Waals surface area (Å²) in [5, 5.41) is 9.63. The van der Waals surface area contributed by atoms with Gasteiger partial charge in [-0.2, -0.15) is 0 Å². The Morgan fingerprint density at radius 3 is 2.74 bits per heavy atom. The van der Waals surface area contributed by atoms with E-state index >= 15 is 0 Å². The van der Waals surface area contributed by atoms with Gasteiger partial charge in [-0.3, -0.25) is 4.79 Å². The minimum atomic E-state index is 0.0211. The SMILES string of the molecule is Cc1cc(CC(=O)NC2CCC(Sc3nc(C)cs3)CC2)on1. The summed E-state index contributed by atoms with van der Waals surface area (Å²) >= 11 is 3.61. The summed E-state index contributed by atoms with van der Waals surface area (Å²) in [4.78, 5) is 16.6. The minimum Gasteiger partial charge on any atom is -0.361 e. The van der Waals surface area contributed by atoms with E-state index in [1.165, 1.54) is 0 Å². The van der Waals surface area contributed by atoms with Crippen LogP contribution < -0.4 is 5.32 Å². The fraction of sp³-hybridized carbons (Fsp3) is 0.562. The van der Waals surface area contributed by atoms with Crippen LogP contribution >= 0.6 is 23.1 Å². The Kier molecular flexibility index (Phi) is 5.38. The van der Waals surface area contributed by atoms with Gasteiger partial charge in [-0.25, -0.2) is 4.98 Å². The first kappa shape index (κ1) is 16.5. The average Bonchev–Trinajstić information content (AvgIpc) is 3.10. The third-order valence-corrected chi connectivity index (χ3v) is 6.34. The summed E-state index contributed by atoms with van der Waals surface area (Å²) in [5.41, 5.74) is 1.91. The van der Waals surface area contributed by atoms with E-state index in [9.17, 15) is 4.79 Å². The van der Waals surface area contributed by atoms with Crippen molar-refractivity contribution >= 4 is 29.0 Å². The molecule has 1 aliphatic carbocycles. The zero-order valence-corrected chi connectivity index (χ0v) is 15.0. The molecule has 124 valence electrons. The molecule has 2 aromatic heterocycles. The van der Waals surface area contributed by atoms with Crippen molar-refractivity contribution < 1.29 is 9.32 Å². The van der Waals surface area contributed by atoms with Gasteiger partial charge in [-0.15, -0.1) is 11.3 Å². The Morgan fingerprint density at radius 2 is 2.13 bits per heavy atom. The molecule has 0 spiro atoms. The van der Waals surface area contributed by atoms with Crippen LogP contribution in [0.15, 0.2) is 20.3 Å². The molecule has 0 saturated heterocycles. The predicted octanol–water partition coefficient (Wildman–Crippen LogP) is 3.51. The normalized spacial score (nSPS) is 21.3. The fourth-order valence-corrected chi connectivity index (χ4v) is 5.08. The van der Waals surface area contributed by atoms with E-state index in [0.29, 0.717) is 11.0 Å². The van der Waals surface area contributed by atoms with Crippen LogP contribution in [0.4, 0.5) is 0 Å². The second kappa shape index (κ2) is 7.49. The molecule has 0 aliphatic heterocycles. The number of hydrogen-bond acceptors (Lipinski definition) is 6. The fourth-order valence-electron chi connectivity index (χ4n) is 2.79. The molecule has 2 aromatic rings. The van der Waals surface area contributed by atoms with Gasteiger partial charge < -0.3 is 9.84 Å². The molecule has 23 heavy (non-hydrogen) atoms. The van der Waals surface area contributed by atoms with Gasteiger partial charge in [0.2, 0.25) is 5.91 Å². The van der Waals surface area contributed by atoms with Crippen molar-refractivity contribution in [3.8, 4) is 0 Å². The van der Waals surface area contributed by atoms with Gasteiger partial charge in [0.1, 0.15) is 10.1 Å². The van der Waals surface area contributed by atoms with Gasteiger partial charge in [-0.1, -0.05) is 16.9 Å². The first-order valence-electron chi connectivity index (χ1n) is 7.89. The van der Waals surface area contributed by atoms with E-state index < -0.39 is 0 Å². The molecular weight excluding hydrogens is 330 g/mol. The van der Waals surface area contributed by atoms with Crippen molar-refractivity contribution in [3.63, 3.8) is 0 Å². The molecule has 2 heterocycles. The molecule has 0 radical (unpaired) electrons. The highest BCUT2D eigenvalue weighted by atomic mass is 32.2. The lowest BCUT2D eigenvalue weighted by Crippen LogP contribution is -2.38.